The van der Waals surface area contributed by atoms with Gasteiger partial charge in [-0.3, -0.25) is 14.6 Å². The molecule has 0 radical (unpaired) electrons. The van der Waals surface area contributed by atoms with Crippen LogP contribution in [-0.2, 0) is 0 Å². The molecular weight excluding hydrogens is 292 g/mol. The monoisotopic (exact) mass is 304 g/mol. The average molecular weight is 304 g/mol. The van der Waals surface area contributed by atoms with Gasteiger partial charge < -0.3 is 4.74 Å². The molecular formula is C18H12N2O3. The largest absolute Gasteiger partial charge is 0.496 e. The summed E-state index contributed by atoms with van der Waals surface area (Å²) < 4.78 is 5.34. The lowest BCUT2D eigenvalue weighted by atomic mass is 9.93. The van der Waals surface area contributed by atoms with E-state index in [1.165, 1.54) is 4.90 Å². The van der Waals surface area contributed by atoms with Crippen molar-refractivity contribution in [3.05, 3.63) is 66.0 Å². The van der Waals surface area contributed by atoms with E-state index in [1.54, 1.807) is 55.9 Å². The van der Waals surface area contributed by atoms with Gasteiger partial charge in [0.05, 0.1) is 12.8 Å². The Hall–Kier alpha value is -3.21. The van der Waals surface area contributed by atoms with Crippen LogP contribution < -0.4 is 9.64 Å². The van der Waals surface area contributed by atoms with Crippen molar-refractivity contribution < 1.29 is 14.3 Å². The molecule has 0 saturated heterocycles. The molecule has 0 N–H and O–H groups in total. The molecule has 0 aliphatic carbocycles. The highest BCUT2D eigenvalue weighted by atomic mass is 16.5. The molecule has 0 unspecified atom stereocenters. The maximum atomic E-state index is 12.9. The van der Waals surface area contributed by atoms with Crippen LogP contribution in [0.2, 0.25) is 0 Å². The molecule has 23 heavy (non-hydrogen) atoms. The van der Waals surface area contributed by atoms with Gasteiger partial charge in [0.2, 0.25) is 0 Å². The first-order valence-electron chi connectivity index (χ1n) is 7.11. The number of hydrogen-bond donors (Lipinski definition) is 0. The molecule has 1 aliphatic rings. The number of carbonyl (C=O) groups is 2. The molecule has 1 aromatic heterocycles. The fourth-order valence-electron chi connectivity index (χ4n) is 2.98. The van der Waals surface area contributed by atoms with E-state index in [0.29, 0.717) is 28.0 Å². The first kappa shape index (κ1) is 13.5. The lowest BCUT2D eigenvalue weighted by Gasteiger charge is -2.27. The normalized spacial score (nSPS) is 13.5. The third kappa shape index (κ3) is 1.83. The van der Waals surface area contributed by atoms with Gasteiger partial charge in [0.1, 0.15) is 5.75 Å². The Kier molecular flexibility index (Phi) is 2.87. The van der Waals surface area contributed by atoms with E-state index in [2.05, 4.69) is 4.98 Å². The number of pyridine rings is 1. The Bertz CT molecular complexity index is 929. The topological polar surface area (TPSA) is 59.5 Å². The molecule has 1 aliphatic heterocycles. The zero-order valence-electron chi connectivity index (χ0n) is 12.3. The summed E-state index contributed by atoms with van der Waals surface area (Å²) in [6.07, 6.45) is 3.11. The van der Waals surface area contributed by atoms with Crippen molar-refractivity contribution in [2.75, 3.05) is 12.0 Å². The van der Waals surface area contributed by atoms with Crippen molar-refractivity contribution in [2.45, 2.75) is 0 Å². The SMILES string of the molecule is COc1ccc2c3c(cccc13)C(=O)N(c1ccncc1)C2=O. The summed E-state index contributed by atoms with van der Waals surface area (Å²) in [5, 5.41) is 1.41. The molecule has 0 saturated carbocycles. The van der Waals surface area contributed by atoms with Crippen LogP contribution in [0.15, 0.2) is 54.9 Å². The van der Waals surface area contributed by atoms with Crippen molar-refractivity contribution >= 4 is 28.3 Å². The number of benzene rings is 2. The predicted octanol–water partition coefficient (Wildman–Crippen LogP) is 3.04. The molecule has 0 atom stereocenters. The van der Waals surface area contributed by atoms with Crippen LogP contribution in [0, 0.1) is 0 Å². The van der Waals surface area contributed by atoms with Crippen LogP contribution in [0.1, 0.15) is 20.7 Å². The number of amides is 2. The molecule has 5 nitrogen and oxygen atoms in total. The quantitative estimate of drug-likeness (QED) is 0.683. The van der Waals surface area contributed by atoms with Gasteiger partial charge >= 0.3 is 0 Å². The average Bonchev–Trinajstić information content (AvgIpc) is 2.60. The third-order valence-electron chi connectivity index (χ3n) is 4.01. The van der Waals surface area contributed by atoms with Crippen LogP contribution in [0.4, 0.5) is 5.69 Å². The zero-order chi connectivity index (χ0) is 16.0. The van der Waals surface area contributed by atoms with E-state index in [4.69, 9.17) is 4.74 Å². The molecule has 2 amide bonds. The standard InChI is InChI=1S/C18H12N2O3/c1-23-15-6-5-14-16-12(15)3-2-4-13(16)17(21)20(18(14)22)11-7-9-19-10-8-11/h2-10H,1H3. The van der Waals surface area contributed by atoms with Gasteiger partial charge in [0, 0.05) is 34.3 Å². The molecule has 112 valence electrons. The van der Waals surface area contributed by atoms with Crippen molar-refractivity contribution in [2.24, 2.45) is 0 Å². The van der Waals surface area contributed by atoms with E-state index in [9.17, 15) is 9.59 Å². The predicted molar refractivity (Wildman–Crippen MR) is 85.9 cm³/mol. The molecule has 5 heteroatoms. The smallest absolute Gasteiger partial charge is 0.265 e. The molecule has 0 bridgehead atoms. The first-order valence-corrected chi connectivity index (χ1v) is 7.11. The van der Waals surface area contributed by atoms with Gasteiger partial charge in [0.15, 0.2) is 0 Å². The van der Waals surface area contributed by atoms with Crippen molar-refractivity contribution in [1.82, 2.24) is 4.98 Å². The number of methoxy groups -OCH3 is 1. The Labute approximate surface area is 132 Å². The van der Waals surface area contributed by atoms with Crippen molar-refractivity contribution in [3.8, 4) is 5.75 Å². The van der Waals surface area contributed by atoms with Crippen molar-refractivity contribution in [1.29, 1.82) is 0 Å². The highest BCUT2D eigenvalue weighted by Gasteiger charge is 2.34. The highest BCUT2D eigenvalue weighted by molar-refractivity contribution is 6.36. The summed E-state index contributed by atoms with van der Waals surface area (Å²) in [5.41, 5.74) is 1.49. The van der Waals surface area contributed by atoms with Crippen LogP contribution in [-0.4, -0.2) is 23.9 Å². The van der Waals surface area contributed by atoms with Gasteiger partial charge in [-0.25, -0.2) is 4.90 Å². The summed E-state index contributed by atoms with van der Waals surface area (Å²) in [6, 6.07) is 12.1. The van der Waals surface area contributed by atoms with Crippen LogP contribution in [0.5, 0.6) is 5.75 Å². The first-order chi connectivity index (χ1) is 11.2. The Balaban J connectivity index is 2.01. The van der Waals surface area contributed by atoms with Gasteiger partial charge in [-0.05, 0) is 30.3 Å². The summed E-state index contributed by atoms with van der Waals surface area (Å²) >= 11 is 0. The van der Waals surface area contributed by atoms with Gasteiger partial charge in [-0.1, -0.05) is 12.1 Å². The molecule has 2 aromatic carbocycles. The molecule has 0 fully saturated rings. The number of rotatable bonds is 2. The Morgan fingerprint density at radius 3 is 2.30 bits per heavy atom. The number of imide groups is 1. The third-order valence-corrected chi connectivity index (χ3v) is 4.01. The lowest BCUT2D eigenvalue weighted by molar-refractivity contribution is 0.0893. The zero-order valence-corrected chi connectivity index (χ0v) is 12.3. The number of carbonyl (C=O) groups excluding carboxylic acids is 2. The van der Waals surface area contributed by atoms with E-state index >= 15 is 0 Å². The highest BCUT2D eigenvalue weighted by Crippen LogP contribution is 2.36. The lowest BCUT2D eigenvalue weighted by Crippen LogP contribution is -2.40. The van der Waals surface area contributed by atoms with Crippen LogP contribution in [0.25, 0.3) is 10.8 Å². The van der Waals surface area contributed by atoms with Gasteiger partial charge in [0.25, 0.3) is 11.8 Å². The summed E-state index contributed by atoms with van der Waals surface area (Å²) in [5.74, 6) is -0.0383. The fourth-order valence-corrected chi connectivity index (χ4v) is 2.98. The summed E-state index contributed by atoms with van der Waals surface area (Å²) in [7, 11) is 1.57. The minimum absolute atomic E-state index is 0.340. The molecule has 0 spiro atoms. The number of anilines is 1. The maximum Gasteiger partial charge on any atom is 0.265 e. The molecule has 3 aromatic rings. The number of hydrogen-bond acceptors (Lipinski definition) is 4. The van der Waals surface area contributed by atoms with Crippen LogP contribution >= 0.6 is 0 Å². The minimum atomic E-state index is -0.340. The number of aromatic nitrogens is 1. The van der Waals surface area contributed by atoms with Crippen molar-refractivity contribution in [3.63, 3.8) is 0 Å². The summed E-state index contributed by atoms with van der Waals surface area (Å²) in [6.45, 7) is 0. The molecule has 4 rings (SSSR count). The van der Waals surface area contributed by atoms with E-state index in [1.807, 2.05) is 6.07 Å². The Morgan fingerprint density at radius 2 is 1.61 bits per heavy atom. The second-order valence-corrected chi connectivity index (χ2v) is 5.19. The summed E-state index contributed by atoms with van der Waals surface area (Å²) in [4.78, 5) is 30.8. The van der Waals surface area contributed by atoms with E-state index in [0.717, 1.165) is 5.39 Å². The maximum absolute atomic E-state index is 12.9. The Morgan fingerprint density at radius 1 is 0.913 bits per heavy atom. The second kappa shape index (κ2) is 4.91. The van der Waals surface area contributed by atoms with E-state index in [-0.39, 0.29) is 11.8 Å². The fraction of sp³-hybridized carbons (Fsp3) is 0.0556. The molecule has 2 heterocycles. The second-order valence-electron chi connectivity index (χ2n) is 5.19. The van der Waals surface area contributed by atoms with E-state index < -0.39 is 0 Å². The number of ether oxygens (including phenoxy) is 1. The van der Waals surface area contributed by atoms with Gasteiger partial charge in [-0.15, -0.1) is 0 Å². The van der Waals surface area contributed by atoms with Gasteiger partial charge in [-0.2, -0.15) is 0 Å². The number of nitrogens with zero attached hydrogens (tertiary/aromatic N) is 2. The van der Waals surface area contributed by atoms with Crippen LogP contribution in [0.3, 0.4) is 0 Å². The minimum Gasteiger partial charge on any atom is -0.496 e.